The zero-order valence-corrected chi connectivity index (χ0v) is 16.7. The van der Waals surface area contributed by atoms with Crippen molar-refractivity contribution in [3.8, 4) is 0 Å². The molecule has 1 aliphatic heterocycles. The topological polar surface area (TPSA) is 66.7 Å². The summed E-state index contributed by atoms with van der Waals surface area (Å²) in [7, 11) is 1.84. The number of hydrogen-bond acceptors (Lipinski definition) is 4. The summed E-state index contributed by atoms with van der Waals surface area (Å²) in [5, 5.41) is 11.8. The first-order valence-electron chi connectivity index (χ1n) is 9.92. The van der Waals surface area contributed by atoms with Crippen molar-refractivity contribution in [1.29, 1.82) is 0 Å². The average Bonchev–Trinajstić information content (AvgIpc) is 3.09. The number of aryl methyl sites for hydroxylation is 1. The molecular formula is C19H34N6O. The van der Waals surface area contributed by atoms with Crippen LogP contribution in [0.3, 0.4) is 0 Å². The fraction of sp³-hybridized carbons (Fsp3) is 0.789. The standard InChI is InChI=1S/C19H34N6O/c1-14(2)25-13-16-5-6-17(11-18(16)23-25)22-19(20-4)21-12-15(3)24-7-9-26-10-8-24/h13-15,17H,5-12H2,1-4H3,(H2,20,21,22). The smallest absolute Gasteiger partial charge is 0.191 e. The van der Waals surface area contributed by atoms with E-state index in [4.69, 9.17) is 9.84 Å². The fourth-order valence-electron chi connectivity index (χ4n) is 3.68. The Morgan fingerprint density at radius 1 is 1.35 bits per heavy atom. The van der Waals surface area contributed by atoms with E-state index < -0.39 is 0 Å². The van der Waals surface area contributed by atoms with Crippen molar-refractivity contribution in [3.05, 3.63) is 17.5 Å². The minimum Gasteiger partial charge on any atom is -0.379 e. The minimum absolute atomic E-state index is 0.392. The van der Waals surface area contributed by atoms with E-state index in [-0.39, 0.29) is 0 Å². The normalized spacial score (nSPS) is 23.0. The molecule has 7 nitrogen and oxygen atoms in total. The first kappa shape index (κ1) is 19.2. The SMILES string of the molecule is CN=C(NCC(C)N1CCOCC1)NC1CCc2cn(C(C)C)nc2C1. The van der Waals surface area contributed by atoms with Crippen LogP contribution in [0.1, 0.15) is 44.5 Å². The Kier molecular flexibility index (Phi) is 6.53. The molecular weight excluding hydrogens is 328 g/mol. The van der Waals surface area contributed by atoms with Crippen LogP contribution < -0.4 is 10.6 Å². The molecule has 7 heteroatoms. The van der Waals surface area contributed by atoms with Crippen LogP contribution in [-0.4, -0.2) is 72.6 Å². The second kappa shape index (κ2) is 8.86. The Labute approximate surface area is 157 Å². The van der Waals surface area contributed by atoms with Crippen molar-refractivity contribution >= 4 is 5.96 Å². The van der Waals surface area contributed by atoms with Gasteiger partial charge in [0.05, 0.1) is 18.9 Å². The predicted octanol–water partition coefficient (Wildman–Crippen LogP) is 1.21. The molecule has 0 spiro atoms. The average molecular weight is 363 g/mol. The molecule has 0 saturated carbocycles. The van der Waals surface area contributed by atoms with Crippen LogP contribution in [0, 0.1) is 0 Å². The number of aromatic nitrogens is 2. The largest absolute Gasteiger partial charge is 0.379 e. The van der Waals surface area contributed by atoms with Crippen LogP contribution in [0.25, 0.3) is 0 Å². The summed E-state index contributed by atoms with van der Waals surface area (Å²) in [5.41, 5.74) is 2.64. The lowest BCUT2D eigenvalue weighted by atomic mass is 9.94. The second-order valence-electron chi connectivity index (χ2n) is 7.71. The lowest BCUT2D eigenvalue weighted by Crippen LogP contribution is -2.51. The summed E-state index contributed by atoms with van der Waals surface area (Å²) < 4.78 is 7.52. The van der Waals surface area contributed by atoms with Gasteiger partial charge in [-0.05, 0) is 39.2 Å². The van der Waals surface area contributed by atoms with Crippen LogP contribution in [0.15, 0.2) is 11.2 Å². The third-order valence-electron chi connectivity index (χ3n) is 5.42. The third kappa shape index (κ3) is 4.76. The highest BCUT2D eigenvalue weighted by atomic mass is 16.5. The molecule has 0 radical (unpaired) electrons. The zero-order chi connectivity index (χ0) is 18.5. The highest BCUT2D eigenvalue weighted by molar-refractivity contribution is 5.80. The predicted molar refractivity (Wildman–Crippen MR) is 105 cm³/mol. The van der Waals surface area contributed by atoms with E-state index in [1.807, 2.05) is 7.05 Å². The Bertz CT molecular complexity index is 605. The lowest BCUT2D eigenvalue weighted by Gasteiger charge is -2.33. The third-order valence-corrected chi connectivity index (χ3v) is 5.42. The Balaban J connectivity index is 1.49. The van der Waals surface area contributed by atoms with Crippen molar-refractivity contribution in [3.63, 3.8) is 0 Å². The van der Waals surface area contributed by atoms with Gasteiger partial charge in [0.25, 0.3) is 0 Å². The van der Waals surface area contributed by atoms with Crippen molar-refractivity contribution in [2.75, 3.05) is 39.9 Å². The quantitative estimate of drug-likeness (QED) is 0.609. The maximum absolute atomic E-state index is 5.44. The lowest BCUT2D eigenvalue weighted by molar-refractivity contribution is 0.0211. The van der Waals surface area contributed by atoms with Crippen LogP contribution in [0.4, 0.5) is 0 Å². The van der Waals surface area contributed by atoms with Crippen molar-refractivity contribution in [2.45, 2.75) is 58.2 Å². The summed E-state index contributed by atoms with van der Waals surface area (Å²) >= 11 is 0. The number of nitrogens with zero attached hydrogens (tertiary/aromatic N) is 4. The van der Waals surface area contributed by atoms with Gasteiger partial charge >= 0.3 is 0 Å². The van der Waals surface area contributed by atoms with E-state index >= 15 is 0 Å². The van der Waals surface area contributed by atoms with Crippen LogP contribution in [-0.2, 0) is 17.6 Å². The summed E-state index contributed by atoms with van der Waals surface area (Å²) in [4.78, 5) is 6.88. The molecule has 26 heavy (non-hydrogen) atoms. The van der Waals surface area contributed by atoms with Gasteiger partial charge in [0, 0.05) is 57.4 Å². The van der Waals surface area contributed by atoms with Crippen LogP contribution in [0.5, 0.6) is 0 Å². The molecule has 2 atom stereocenters. The summed E-state index contributed by atoms with van der Waals surface area (Å²) in [6.45, 7) is 11.2. The molecule has 0 amide bonds. The molecule has 1 aromatic heterocycles. The second-order valence-corrected chi connectivity index (χ2v) is 7.71. The van der Waals surface area contributed by atoms with Gasteiger partial charge in [0.15, 0.2) is 5.96 Å². The molecule has 1 saturated heterocycles. The van der Waals surface area contributed by atoms with E-state index in [0.29, 0.717) is 18.1 Å². The van der Waals surface area contributed by atoms with Gasteiger partial charge in [-0.2, -0.15) is 5.10 Å². The van der Waals surface area contributed by atoms with E-state index in [9.17, 15) is 0 Å². The Morgan fingerprint density at radius 3 is 2.81 bits per heavy atom. The van der Waals surface area contributed by atoms with Gasteiger partial charge < -0.3 is 15.4 Å². The summed E-state index contributed by atoms with van der Waals surface area (Å²) in [6.07, 6.45) is 5.39. The first-order chi connectivity index (χ1) is 12.6. The molecule has 3 rings (SSSR count). The molecule has 2 heterocycles. The number of nitrogens with one attached hydrogen (secondary N) is 2. The zero-order valence-electron chi connectivity index (χ0n) is 16.7. The highest BCUT2D eigenvalue weighted by Gasteiger charge is 2.23. The molecule has 0 aromatic carbocycles. The molecule has 1 aliphatic carbocycles. The monoisotopic (exact) mass is 362 g/mol. The number of guanidine groups is 1. The van der Waals surface area contributed by atoms with Gasteiger partial charge in [0.1, 0.15) is 0 Å². The van der Waals surface area contributed by atoms with E-state index in [0.717, 1.165) is 58.1 Å². The highest BCUT2D eigenvalue weighted by Crippen LogP contribution is 2.21. The minimum atomic E-state index is 0.392. The molecule has 2 unspecified atom stereocenters. The molecule has 2 aliphatic rings. The van der Waals surface area contributed by atoms with E-state index in [1.54, 1.807) is 0 Å². The van der Waals surface area contributed by atoms with Crippen molar-refractivity contribution in [2.24, 2.45) is 4.99 Å². The number of hydrogen-bond donors (Lipinski definition) is 2. The Morgan fingerprint density at radius 2 is 2.12 bits per heavy atom. The van der Waals surface area contributed by atoms with Gasteiger partial charge in [-0.25, -0.2) is 0 Å². The molecule has 146 valence electrons. The van der Waals surface area contributed by atoms with Gasteiger partial charge in [-0.1, -0.05) is 0 Å². The van der Waals surface area contributed by atoms with Gasteiger partial charge in [-0.15, -0.1) is 0 Å². The number of ether oxygens (including phenoxy) is 1. The van der Waals surface area contributed by atoms with E-state index in [2.05, 4.69) is 52.2 Å². The van der Waals surface area contributed by atoms with Gasteiger partial charge in [0.2, 0.25) is 0 Å². The number of rotatable bonds is 5. The van der Waals surface area contributed by atoms with Crippen LogP contribution in [0.2, 0.25) is 0 Å². The van der Waals surface area contributed by atoms with Crippen molar-refractivity contribution < 1.29 is 4.74 Å². The van der Waals surface area contributed by atoms with Crippen LogP contribution >= 0.6 is 0 Å². The maximum atomic E-state index is 5.44. The van der Waals surface area contributed by atoms with Gasteiger partial charge in [-0.3, -0.25) is 14.6 Å². The fourth-order valence-corrected chi connectivity index (χ4v) is 3.68. The molecule has 0 bridgehead atoms. The number of morpholine rings is 1. The molecule has 1 aromatic rings. The van der Waals surface area contributed by atoms with E-state index in [1.165, 1.54) is 11.3 Å². The maximum Gasteiger partial charge on any atom is 0.191 e. The molecule has 1 fully saturated rings. The number of aliphatic imine (C=N–C) groups is 1. The Hall–Kier alpha value is -1.60. The number of fused-ring (bicyclic) bond motifs is 1. The molecule has 2 N–H and O–H groups in total. The first-order valence-corrected chi connectivity index (χ1v) is 9.92. The summed E-state index contributed by atoms with van der Waals surface area (Å²) in [6, 6.07) is 1.28. The van der Waals surface area contributed by atoms with Crippen molar-refractivity contribution in [1.82, 2.24) is 25.3 Å². The summed E-state index contributed by atoms with van der Waals surface area (Å²) in [5.74, 6) is 0.891.